The molecule has 2 atom stereocenters. The number of para-hydroxylation sites is 1. The minimum Gasteiger partial charge on any atom is -0.487 e. The molecule has 2 amide bonds. The Morgan fingerprint density at radius 1 is 1.00 bits per heavy atom. The first-order valence-corrected chi connectivity index (χ1v) is 12.4. The van der Waals surface area contributed by atoms with Gasteiger partial charge in [-0.2, -0.15) is 0 Å². The normalized spacial score (nSPS) is 22.1. The number of hydrogen-bond acceptors (Lipinski definition) is 3. The van der Waals surface area contributed by atoms with Gasteiger partial charge in [-0.1, -0.05) is 52.7 Å². The van der Waals surface area contributed by atoms with Gasteiger partial charge >= 0.3 is 0 Å². The van der Waals surface area contributed by atoms with E-state index in [4.69, 9.17) is 4.74 Å². The summed E-state index contributed by atoms with van der Waals surface area (Å²) in [4.78, 5) is 30.4. The van der Waals surface area contributed by atoms with E-state index in [-0.39, 0.29) is 24.0 Å². The van der Waals surface area contributed by atoms with Gasteiger partial charge in [-0.3, -0.25) is 9.59 Å². The lowest BCUT2D eigenvalue weighted by atomic mass is 9.90. The Morgan fingerprint density at radius 2 is 1.72 bits per heavy atom. The molecule has 2 aliphatic rings. The average Bonchev–Trinajstić information content (AvgIpc) is 2.80. The molecule has 6 heteroatoms. The molecule has 0 saturated heterocycles. The highest BCUT2D eigenvalue weighted by Gasteiger charge is 2.35. The third-order valence-corrected chi connectivity index (χ3v) is 7.35. The zero-order valence-corrected chi connectivity index (χ0v) is 20.2. The molecule has 1 aliphatic heterocycles. The van der Waals surface area contributed by atoms with Crippen molar-refractivity contribution >= 4 is 27.7 Å². The maximum atomic E-state index is 13.5. The smallest absolute Gasteiger partial charge is 0.257 e. The summed E-state index contributed by atoms with van der Waals surface area (Å²) in [7, 11) is 1.84. The summed E-state index contributed by atoms with van der Waals surface area (Å²) in [5.41, 5.74) is 1.61. The van der Waals surface area contributed by atoms with Crippen LogP contribution in [-0.2, 0) is 11.2 Å². The van der Waals surface area contributed by atoms with Gasteiger partial charge in [0.05, 0.1) is 18.0 Å². The number of ether oxygens (including phenoxy) is 1. The van der Waals surface area contributed by atoms with E-state index in [0.29, 0.717) is 30.8 Å². The van der Waals surface area contributed by atoms with Crippen LogP contribution < -0.4 is 4.74 Å². The van der Waals surface area contributed by atoms with Crippen LogP contribution in [0.15, 0.2) is 53.0 Å². The molecule has 1 aliphatic carbocycles. The summed E-state index contributed by atoms with van der Waals surface area (Å²) in [5, 5.41) is 0. The van der Waals surface area contributed by atoms with Crippen LogP contribution in [0.1, 0.15) is 54.4 Å². The highest BCUT2D eigenvalue weighted by atomic mass is 79.9. The fraction of sp³-hybridized carbons (Fsp3) is 0.462. The van der Waals surface area contributed by atoms with E-state index in [9.17, 15) is 9.59 Å². The predicted octanol–water partition coefficient (Wildman–Crippen LogP) is 5.08. The molecular weight excluding hydrogens is 468 g/mol. The molecule has 2 aromatic carbocycles. The Balaban J connectivity index is 1.64. The quantitative estimate of drug-likeness (QED) is 0.580. The summed E-state index contributed by atoms with van der Waals surface area (Å²) in [6, 6.07) is 15.5. The lowest BCUT2D eigenvalue weighted by molar-refractivity contribution is -0.136. The van der Waals surface area contributed by atoms with Crippen molar-refractivity contribution in [2.24, 2.45) is 0 Å². The monoisotopic (exact) mass is 498 g/mol. The summed E-state index contributed by atoms with van der Waals surface area (Å²) >= 11 is 3.58. The molecule has 5 nitrogen and oxygen atoms in total. The number of fused-ring (bicyclic) bond motifs is 2. The SMILES string of the molecule is CN1CCCCN(C(=O)Cc2ccccc2Br)[C@@H]2CCCC[C@@H]2Oc2ccccc2C1=O. The van der Waals surface area contributed by atoms with Crippen LogP contribution in [0.25, 0.3) is 0 Å². The molecular formula is C26H31BrN2O3. The zero-order valence-electron chi connectivity index (χ0n) is 18.6. The predicted molar refractivity (Wildman–Crippen MR) is 129 cm³/mol. The van der Waals surface area contributed by atoms with Crippen LogP contribution in [0.5, 0.6) is 5.75 Å². The van der Waals surface area contributed by atoms with Gasteiger partial charge in [0.2, 0.25) is 5.91 Å². The summed E-state index contributed by atoms with van der Waals surface area (Å²) in [6.07, 6.45) is 5.98. The Hall–Kier alpha value is -2.34. The topological polar surface area (TPSA) is 49.9 Å². The fourth-order valence-corrected chi connectivity index (χ4v) is 5.23. The number of benzene rings is 2. The maximum absolute atomic E-state index is 13.5. The van der Waals surface area contributed by atoms with Crippen molar-refractivity contribution in [2.75, 3.05) is 20.1 Å². The number of nitrogens with zero attached hydrogens (tertiary/aromatic N) is 2. The van der Waals surface area contributed by atoms with Gasteiger partial charge in [0.1, 0.15) is 11.9 Å². The van der Waals surface area contributed by atoms with E-state index in [0.717, 1.165) is 48.6 Å². The van der Waals surface area contributed by atoms with Gasteiger partial charge in [-0.15, -0.1) is 0 Å². The maximum Gasteiger partial charge on any atom is 0.257 e. The molecule has 0 aromatic heterocycles. The third-order valence-electron chi connectivity index (χ3n) is 6.57. The van der Waals surface area contributed by atoms with E-state index < -0.39 is 0 Å². The van der Waals surface area contributed by atoms with E-state index in [1.165, 1.54) is 0 Å². The molecule has 0 spiro atoms. The first-order valence-electron chi connectivity index (χ1n) is 11.6. The zero-order chi connectivity index (χ0) is 22.5. The minimum absolute atomic E-state index is 0.00427. The van der Waals surface area contributed by atoms with Crippen LogP contribution in [0.2, 0.25) is 0 Å². The molecule has 32 heavy (non-hydrogen) atoms. The molecule has 0 unspecified atom stereocenters. The Bertz CT molecular complexity index is 964. The first-order chi connectivity index (χ1) is 15.5. The van der Waals surface area contributed by atoms with Crippen molar-refractivity contribution in [3.8, 4) is 5.75 Å². The fourth-order valence-electron chi connectivity index (χ4n) is 4.80. The van der Waals surface area contributed by atoms with Gasteiger partial charge in [0.25, 0.3) is 5.91 Å². The highest BCUT2D eigenvalue weighted by molar-refractivity contribution is 9.10. The molecule has 4 rings (SSSR count). The molecule has 0 bridgehead atoms. The molecule has 170 valence electrons. The van der Waals surface area contributed by atoms with Crippen LogP contribution in [0, 0.1) is 0 Å². The number of amides is 2. The lowest BCUT2D eigenvalue weighted by Crippen LogP contribution is -2.51. The van der Waals surface area contributed by atoms with Gasteiger partial charge in [0.15, 0.2) is 0 Å². The van der Waals surface area contributed by atoms with E-state index in [1.807, 2.05) is 55.6 Å². The Labute approximate surface area is 198 Å². The van der Waals surface area contributed by atoms with Crippen LogP contribution in [0.3, 0.4) is 0 Å². The van der Waals surface area contributed by atoms with Crippen molar-refractivity contribution in [1.29, 1.82) is 0 Å². The summed E-state index contributed by atoms with van der Waals surface area (Å²) < 4.78 is 7.46. The van der Waals surface area contributed by atoms with E-state index in [1.54, 1.807) is 4.90 Å². The number of carbonyl (C=O) groups excluding carboxylic acids is 2. The second kappa shape index (κ2) is 10.5. The molecule has 2 aromatic rings. The van der Waals surface area contributed by atoms with Crippen molar-refractivity contribution in [3.05, 3.63) is 64.1 Å². The molecule has 1 saturated carbocycles. The Morgan fingerprint density at radius 3 is 2.56 bits per heavy atom. The molecule has 0 N–H and O–H groups in total. The summed E-state index contributed by atoms with van der Waals surface area (Å²) in [5.74, 6) is 0.766. The van der Waals surface area contributed by atoms with Crippen molar-refractivity contribution in [1.82, 2.24) is 9.80 Å². The number of carbonyl (C=O) groups is 2. The number of hydrogen-bond donors (Lipinski definition) is 0. The Kier molecular flexibility index (Phi) is 7.51. The van der Waals surface area contributed by atoms with Gasteiger partial charge < -0.3 is 14.5 Å². The second-order valence-electron chi connectivity index (χ2n) is 8.79. The van der Waals surface area contributed by atoms with Gasteiger partial charge in [-0.05, 0) is 55.9 Å². The minimum atomic E-state index is -0.106. The average molecular weight is 499 g/mol. The lowest BCUT2D eigenvalue weighted by Gasteiger charge is -2.40. The van der Waals surface area contributed by atoms with Crippen LogP contribution in [-0.4, -0.2) is 53.9 Å². The van der Waals surface area contributed by atoms with Crippen molar-refractivity contribution in [2.45, 2.75) is 57.1 Å². The van der Waals surface area contributed by atoms with Crippen LogP contribution in [0.4, 0.5) is 0 Å². The molecule has 0 radical (unpaired) electrons. The van der Waals surface area contributed by atoms with E-state index >= 15 is 0 Å². The third kappa shape index (κ3) is 5.17. The van der Waals surface area contributed by atoms with Crippen molar-refractivity contribution in [3.63, 3.8) is 0 Å². The van der Waals surface area contributed by atoms with E-state index in [2.05, 4.69) is 20.8 Å². The molecule has 1 heterocycles. The molecule has 1 fully saturated rings. The summed E-state index contributed by atoms with van der Waals surface area (Å²) in [6.45, 7) is 1.35. The number of halogens is 1. The van der Waals surface area contributed by atoms with Crippen LogP contribution >= 0.6 is 15.9 Å². The van der Waals surface area contributed by atoms with Gasteiger partial charge in [0, 0.05) is 24.6 Å². The second-order valence-corrected chi connectivity index (χ2v) is 9.65. The van der Waals surface area contributed by atoms with Crippen molar-refractivity contribution < 1.29 is 14.3 Å². The number of rotatable bonds is 2. The highest BCUT2D eigenvalue weighted by Crippen LogP contribution is 2.31. The standard InChI is InChI=1S/C26H31BrN2O3/c1-28-16-8-9-17-29(25(30)18-19-10-2-4-12-21(19)27)22-13-5-7-15-24(22)32-23-14-6-3-11-20(23)26(28)31/h2-4,6,10-12,14,22,24H,5,7-9,13,15-18H2,1H3/t22-,24+/m1/s1. The largest absolute Gasteiger partial charge is 0.487 e. The van der Waals surface area contributed by atoms with Gasteiger partial charge in [-0.25, -0.2) is 0 Å². The first kappa shape index (κ1) is 22.8.